The highest BCUT2D eigenvalue weighted by atomic mass is 32.2. The number of amides is 1. The molecule has 1 aliphatic rings. The van der Waals surface area contributed by atoms with Crippen LogP contribution in [0.5, 0.6) is 5.75 Å². The third-order valence-corrected chi connectivity index (χ3v) is 7.36. The smallest absolute Gasteiger partial charge is 0.265 e. The molecule has 8 heteroatoms. The number of benzene rings is 2. The van der Waals surface area contributed by atoms with E-state index in [0.29, 0.717) is 43.5 Å². The molecule has 2 aromatic rings. The molecule has 1 atom stereocenters. The molecule has 0 saturated carbocycles. The fourth-order valence-corrected chi connectivity index (χ4v) is 4.74. The Labute approximate surface area is 185 Å². The highest BCUT2D eigenvalue weighted by Gasteiger charge is 2.27. The number of ether oxygens (including phenoxy) is 1. The number of carbonyl (C=O) groups is 1. The number of nitrogens with zero attached hydrogens (tertiary/aromatic N) is 2. The van der Waals surface area contributed by atoms with Crippen LogP contribution in [0.1, 0.15) is 32.3 Å². The van der Waals surface area contributed by atoms with Crippen molar-refractivity contribution >= 4 is 21.6 Å². The minimum absolute atomic E-state index is 0.226. The summed E-state index contributed by atoms with van der Waals surface area (Å²) in [5, 5.41) is 2.78. The van der Waals surface area contributed by atoms with Gasteiger partial charge < -0.3 is 15.0 Å². The maximum atomic E-state index is 12.8. The van der Waals surface area contributed by atoms with Crippen molar-refractivity contribution in [2.24, 2.45) is 0 Å². The third-order valence-electron chi connectivity index (χ3n) is 5.45. The lowest BCUT2D eigenvalue weighted by Gasteiger charge is -2.31. The molecule has 2 aromatic carbocycles. The first-order valence-corrected chi connectivity index (χ1v) is 12.0. The Hall–Kier alpha value is -2.42. The lowest BCUT2D eigenvalue weighted by Crippen LogP contribution is -2.46. The largest absolute Gasteiger partial charge is 0.481 e. The number of piperazine rings is 1. The van der Waals surface area contributed by atoms with Crippen LogP contribution in [0.3, 0.4) is 0 Å². The first kappa shape index (κ1) is 23.2. The van der Waals surface area contributed by atoms with E-state index >= 15 is 0 Å². The van der Waals surface area contributed by atoms with Crippen LogP contribution in [-0.2, 0) is 14.8 Å². The first-order chi connectivity index (χ1) is 14.7. The van der Waals surface area contributed by atoms with Crippen molar-refractivity contribution in [2.45, 2.75) is 37.7 Å². The average molecular weight is 446 g/mol. The van der Waals surface area contributed by atoms with Crippen molar-refractivity contribution in [3.8, 4) is 5.75 Å². The van der Waals surface area contributed by atoms with Gasteiger partial charge in [-0.1, -0.05) is 26.0 Å². The molecule has 1 unspecified atom stereocenters. The monoisotopic (exact) mass is 445 g/mol. The van der Waals surface area contributed by atoms with Gasteiger partial charge in [-0.05, 0) is 61.9 Å². The molecule has 0 aromatic heterocycles. The maximum absolute atomic E-state index is 12.8. The summed E-state index contributed by atoms with van der Waals surface area (Å²) in [6, 6.07) is 14.0. The van der Waals surface area contributed by atoms with E-state index in [1.54, 1.807) is 19.1 Å². The molecule has 0 aliphatic carbocycles. The third kappa shape index (κ3) is 5.84. The molecule has 0 bridgehead atoms. The molecule has 1 N–H and O–H groups in total. The zero-order chi connectivity index (χ0) is 22.6. The summed E-state index contributed by atoms with van der Waals surface area (Å²) in [6.45, 7) is 8.30. The molecule has 3 rings (SSSR count). The summed E-state index contributed by atoms with van der Waals surface area (Å²) in [5.74, 6) is 0.751. The van der Waals surface area contributed by atoms with Crippen LogP contribution in [0.15, 0.2) is 53.4 Å². The topological polar surface area (TPSA) is 78.9 Å². The van der Waals surface area contributed by atoms with Crippen LogP contribution < -0.4 is 10.1 Å². The number of rotatable bonds is 7. The molecule has 1 fully saturated rings. The number of nitrogens with one attached hydrogen (secondary N) is 1. The van der Waals surface area contributed by atoms with Gasteiger partial charge in [0.05, 0.1) is 4.90 Å². The summed E-state index contributed by atoms with van der Waals surface area (Å²) in [7, 11) is -1.55. The number of hydrogen-bond donors (Lipinski definition) is 1. The highest BCUT2D eigenvalue weighted by molar-refractivity contribution is 7.89. The van der Waals surface area contributed by atoms with Crippen LogP contribution in [0.2, 0.25) is 0 Å². The van der Waals surface area contributed by atoms with Gasteiger partial charge in [-0.15, -0.1) is 0 Å². The summed E-state index contributed by atoms with van der Waals surface area (Å²) in [5.41, 5.74) is 1.73. The number of carbonyl (C=O) groups excluding carboxylic acids is 1. The normalized spacial score (nSPS) is 16.8. The van der Waals surface area contributed by atoms with E-state index in [0.717, 1.165) is 0 Å². The molecule has 1 saturated heterocycles. The predicted octanol–water partition coefficient (Wildman–Crippen LogP) is 3.15. The Morgan fingerprint density at radius 3 is 2.06 bits per heavy atom. The van der Waals surface area contributed by atoms with E-state index in [1.807, 2.05) is 31.3 Å². The van der Waals surface area contributed by atoms with E-state index in [9.17, 15) is 13.2 Å². The SMILES string of the molecule is CC(Oc1ccc(C(C)C)cc1)C(=O)Nc1ccc(S(=O)(=O)N2CCN(C)CC2)cc1. The standard InChI is InChI=1S/C23H31N3O4S/c1-17(2)19-5-9-21(10-6-19)30-18(3)23(27)24-20-7-11-22(12-8-20)31(28,29)26-15-13-25(4)14-16-26/h5-12,17-18H,13-16H2,1-4H3,(H,24,27). The van der Waals surface area contributed by atoms with Crippen LogP contribution in [0, 0.1) is 0 Å². The number of hydrogen-bond acceptors (Lipinski definition) is 5. The second kappa shape index (κ2) is 9.80. The van der Waals surface area contributed by atoms with E-state index in [4.69, 9.17) is 4.74 Å². The van der Waals surface area contributed by atoms with Crippen LogP contribution in [0.4, 0.5) is 5.69 Å². The zero-order valence-electron chi connectivity index (χ0n) is 18.5. The summed E-state index contributed by atoms with van der Waals surface area (Å²) in [6.07, 6.45) is -0.696. The molecular formula is C23H31N3O4S. The highest BCUT2D eigenvalue weighted by Crippen LogP contribution is 2.21. The van der Waals surface area contributed by atoms with Crippen molar-refractivity contribution in [1.82, 2.24) is 9.21 Å². The molecule has 0 radical (unpaired) electrons. The van der Waals surface area contributed by atoms with E-state index < -0.39 is 16.1 Å². The fraction of sp³-hybridized carbons (Fsp3) is 0.435. The Bertz CT molecular complexity index is 980. The van der Waals surface area contributed by atoms with Crippen LogP contribution in [-0.4, -0.2) is 62.9 Å². The van der Waals surface area contributed by atoms with E-state index in [1.165, 1.54) is 22.0 Å². The second-order valence-electron chi connectivity index (χ2n) is 8.20. The first-order valence-electron chi connectivity index (χ1n) is 10.5. The minimum Gasteiger partial charge on any atom is -0.481 e. The van der Waals surface area contributed by atoms with Gasteiger partial charge in [0.1, 0.15) is 5.75 Å². The van der Waals surface area contributed by atoms with E-state index in [2.05, 4.69) is 24.1 Å². The van der Waals surface area contributed by atoms with Gasteiger partial charge in [-0.3, -0.25) is 4.79 Å². The number of sulfonamides is 1. The Morgan fingerprint density at radius 2 is 1.52 bits per heavy atom. The Balaban J connectivity index is 1.59. The van der Waals surface area contributed by atoms with Crippen molar-refractivity contribution < 1.29 is 17.9 Å². The lowest BCUT2D eigenvalue weighted by molar-refractivity contribution is -0.122. The molecule has 31 heavy (non-hydrogen) atoms. The van der Waals surface area contributed by atoms with Gasteiger partial charge >= 0.3 is 0 Å². The number of anilines is 1. The molecular weight excluding hydrogens is 414 g/mol. The summed E-state index contributed by atoms with van der Waals surface area (Å²) in [4.78, 5) is 14.8. The molecule has 0 spiro atoms. The molecule has 168 valence electrons. The molecule has 1 amide bonds. The zero-order valence-corrected chi connectivity index (χ0v) is 19.4. The van der Waals surface area contributed by atoms with Crippen molar-refractivity contribution in [2.75, 3.05) is 38.5 Å². The van der Waals surface area contributed by atoms with Gasteiger partial charge in [-0.2, -0.15) is 4.31 Å². The number of likely N-dealkylation sites (N-methyl/N-ethyl adjacent to an activating group) is 1. The van der Waals surface area contributed by atoms with Crippen LogP contribution in [0.25, 0.3) is 0 Å². The van der Waals surface area contributed by atoms with Gasteiger partial charge in [0.15, 0.2) is 6.10 Å². The summed E-state index contributed by atoms with van der Waals surface area (Å²) < 4.78 is 32.8. The van der Waals surface area contributed by atoms with Crippen LogP contribution >= 0.6 is 0 Å². The lowest BCUT2D eigenvalue weighted by atomic mass is 10.0. The Kier molecular flexibility index (Phi) is 7.35. The minimum atomic E-state index is -3.53. The van der Waals surface area contributed by atoms with Crippen molar-refractivity contribution in [3.05, 3.63) is 54.1 Å². The van der Waals surface area contributed by atoms with E-state index in [-0.39, 0.29) is 10.8 Å². The summed E-state index contributed by atoms with van der Waals surface area (Å²) >= 11 is 0. The fourth-order valence-electron chi connectivity index (χ4n) is 3.32. The van der Waals surface area contributed by atoms with Gasteiger partial charge in [-0.25, -0.2) is 8.42 Å². The Morgan fingerprint density at radius 1 is 0.935 bits per heavy atom. The van der Waals surface area contributed by atoms with Crippen molar-refractivity contribution in [1.29, 1.82) is 0 Å². The maximum Gasteiger partial charge on any atom is 0.265 e. The quantitative estimate of drug-likeness (QED) is 0.708. The van der Waals surface area contributed by atoms with Gasteiger partial charge in [0.25, 0.3) is 5.91 Å². The van der Waals surface area contributed by atoms with Crippen molar-refractivity contribution in [3.63, 3.8) is 0 Å². The second-order valence-corrected chi connectivity index (χ2v) is 10.1. The predicted molar refractivity (Wildman–Crippen MR) is 122 cm³/mol. The molecule has 7 nitrogen and oxygen atoms in total. The van der Waals surface area contributed by atoms with Gasteiger partial charge in [0.2, 0.25) is 10.0 Å². The molecule has 1 aliphatic heterocycles. The average Bonchev–Trinajstić information content (AvgIpc) is 2.74. The molecule has 1 heterocycles. The van der Waals surface area contributed by atoms with Gasteiger partial charge in [0, 0.05) is 31.9 Å².